The third-order valence-corrected chi connectivity index (χ3v) is 7.22. The highest BCUT2D eigenvalue weighted by Gasteiger charge is 2.37. The third kappa shape index (κ3) is 5.49. The van der Waals surface area contributed by atoms with Crippen molar-refractivity contribution in [2.45, 2.75) is 13.3 Å². The summed E-state index contributed by atoms with van der Waals surface area (Å²) in [6.45, 7) is 1.38. The molecule has 0 spiro atoms. The highest BCUT2D eigenvalue weighted by molar-refractivity contribution is 8.18. The van der Waals surface area contributed by atoms with Crippen LogP contribution in [0.2, 0.25) is 5.02 Å². The molecule has 1 fully saturated rings. The lowest BCUT2D eigenvalue weighted by molar-refractivity contribution is -0.385. The Morgan fingerprint density at radius 2 is 1.80 bits per heavy atom. The third-order valence-electron chi connectivity index (χ3n) is 5.99. The maximum atomic E-state index is 13.0. The van der Waals surface area contributed by atoms with Crippen molar-refractivity contribution in [1.82, 2.24) is 14.0 Å². The number of ether oxygens (including phenoxy) is 1. The minimum absolute atomic E-state index is 0.0114. The lowest BCUT2D eigenvalue weighted by atomic mass is 10.1. The van der Waals surface area contributed by atoms with Crippen LogP contribution in [0.5, 0.6) is 0 Å². The number of imide groups is 1. The molecule has 1 aliphatic rings. The molecule has 40 heavy (non-hydrogen) atoms. The Hall–Kier alpha value is -4.43. The van der Waals surface area contributed by atoms with E-state index in [1.54, 1.807) is 0 Å². The number of thioether (sulfide) groups is 1. The number of nitrogens with zero attached hydrogens (tertiary/aromatic N) is 4. The lowest BCUT2D eigenvalue weighted by Gasteiger charge is -2.13. The number of nitro groups is 1. The first-order valence-corrected chi connectivity index (χ1v) is 13.0. The Labute approximate surface area is 235 Å². The number of nitrogens with one attached hydrogen (secondary N) is 1. The van der Waals surface area contributed by atoms with Crippen LogP contribution in [-0.2, 0) is 28.4 Å². The van der Waals surface area contributed by atoms with Gasteiger partial charge in [-0.2, -0.15) is 0 Å². The first-order chi connectivity index (χ1) is 18.9. The standard InChI is InChI=1S/C25H22ClN5O8S/c1-4-7-39-23(34)15-10-14(5-6-16(15)26)27-21(32)12-30-22(33)20(40-25(30)36)9-13-8-18-19(11-17(13)31(37)38)29(3)24(35)28(18)2/h5-6,8-11H,4,7,12H2,1-3H3,(H,27,32)/b20-9-. The smallest absolute Gasteiger partial charge is 0.339 e. The zero-order valence-electron chi connectivity index (χ0n) is 21.4. The van der Waals surface area contributed by atoms with E-state index in [9.17, 15) is 34.1 Å². The molecule has 2 aromatic carbocycles. The SMILES string of the molecule is CCCOC(=O)c1cc(NC(=O)CN2C(=O)S/C(=C\c3cc4c(cc3[N+](=O)[O-])n(C)c(=O)n4C)C2=O)ccc1Cl. The van der Waals surface area contributed by atoms with Gasteiger partial charge < -0.3 is 10.1 Å². The summed E-state index contributed by atoms with van der Waals surface area (Å²) >= 11 is 6.59. The monoisotopic (exact) mass is 587 g/mol. The molecule has 0 saturated carbocycles. The van der Waals surface area contributed by atoms with Gasteiger partial charge in [0.25, 0.3) is 16.8 Å². The summed E-state index contributed by atoms with van der Waals surface area (Å²) in [7, 11) is 2.98. The maximum Gasteiger partial charge on any atom is 0.339 e. The van der Waals surface area contributed by atoms with Crippen molar-refractivity contribution in [2.75, 3.05) is 18.5 Å². The van der Waals surface area contributed by atoms with E-state index in [0.717, 1.165) is 0 Å². The van der Waals surface area contributed by atoms with Gasteiger partial charge in [0.2, 0.25) is 5.91 Å². The van der Waals surface area contributed by atoms with Crippen molar-refractivity contribution in [3.8, 4) is 0 Å². The zero-order chi connectivity index (χ0) is 29.3. The maximum absolute atomic E-state index is 13.0. The fraction of sp³-hybridized carbons (Fsp3) is 0.240. The van der Waals surface area contributed by atoms with Gasteiger partial charge >= 0.3 is 11.7 Å². The second kappa shape index (κ2) is 11.4. The van der Waals surface area contributed by atoms with Gasteiger partial charge in [0.05, 0.1) is 43.6 Å². The van der Waals surface area contributed by atoms with Crippen LogP contribution in [0.3, 0.4) is 0 Å². The number of carbonyl (C=O) groups is 4. The number of hydrogen-bond donors (Lipinski definition) is 1. The Morgan fingerprint density at radius 3 is 2.45 bits per heavy atom. The molecule has 1 aliphatic heterocycles. The zero-order valence-corrected chi connectivity index (χ0v) is 23.0. The molecule has 3 aromatic rings. The predicted molar refractivity (Wildman–Crippen MR) is 148 cm³/mol. The van der Waals surface area contributed by atoms with Crippen LogP contribution in [-0.4, -0.2) is 55.1 Å². The molecule has 15 heteroatoms. The molecule has 1 N–H and O–H groups in total. The average molecular weight is 588 g/mol. The second-order valence-electron chi connectivity index (χ2n) is 8.70. The van der Waals surface area contributed by atoms with Crippen LogP contribution < -0.4 is 11.0 Å². The molecule has 1 saturated heterocycles. The van der Waals surface area contributed by atoms with Crippen molar-refractivity contribution in [1.29, 1.82) is 0 Å². The van der Waals surface area contributed by atoms with Gasteiger partial charge in [0.15, 0.2) is 0 Å². The van der Waals surface area contributed by atoms with Crippen molar-refractivity contribution in [3.05, 3.63) is 72.0 Å². The van der Waals surface area contributed by atoms with E-state index >= 15 is 0 Å². The number of amides is 3. The normalized spacial score (nSPS) is 14.3. The van der Waals surface area contributed by atoms with Gasteiger partial charge in [-0.3, -0.25) is 38.5 Å². The largest absolute Gasteiger partial charge is 0.462 e. The molecular formula is C25H22ClN5O8S. The first-order valence-electron chi connectivity index (χ1n) is 11.8. The molecule has 0 atom stereocenters. The Bertz CT molecular complexity index is 1690. The fourth-order valence-electron chi connectivity index (χ4n) is 3.98. The van der Waals surface area contributed by atoms with Crippen molar-refractivity contribution >= 4 is 74.9 Å². The molecule has 0 aliphatic carbocycles. The Kier molecular flexibility index (Phi) is 8.11. The molecule has 13 nitrogen and oxygen atoms in total. The van der Waals surface area contributed by atoms with E-state index in [4.69, 9.17) is 16.3 Å². The molecule has 0 unspecified atom stereocenters. The van der Waals surface area contributed by atoms with Crippen molar-refractivity contribution in [3.63, 3.8) is 0 Å². The highest BCUT2D eigenvalue weighted by Crippen LogP contribution is 2.35. The van der Waals surface area contributed by atoms with Crippen LogP contribution in [0.4, 0.5) is 16.2 Å². The van der Waals surface area contributed by atoms with E-state index in [0.29, 0.717) is 34.1 Å². The quantitative estimate of drug-likeness (QED) is 0.179. The summed E-state index contributed by atoms with van der Waals surface area (Å²) in [6.07, 6.45) is 1.80. The summed E-state index contributed by atoms with van der Waals surface area (Å²) in [5.74, 6) is -2.21. The summed E-state index contributed by atoms with van der Waals surface area (Å²) in [6, 6.07) is 6.77. The van der Waals surface area contributed by atoms with Crippen molar-refractivity contribution in [2.24, 2.45) is 14.1 Å². The van der Waals surface area contributed by atoms with Crippen LogP contribution in [0.25, 0.3) is 17.1 Å². The Morgan fingerprint density at radius 1 is 1.12 bits per heavy atom. The van der Waals surface area contributed by atoms with Gasteiger partial charge in [-0.1, -0.05) is 18.5 Å². The Balaban J connectivity index is 1.55. The van der Waals surface area contributed by atoms with E-state index < -0.39 is 40.2 Å². The second-order valence-corrected chi connectivity index (χ2v) is 10.1. The van der Waals surface area contributed by atoms with Gasteiger partial charge in [0, 0.05) is 25.8 Å². The topological polar surface area (TPSA) is 163 Å². The average Bonchev–Trinajstić information content (AvgIpc) is 3.29. The van der Waals surface area contributed by atoms with Crippen LogP contribution >= 0.6 is 23.4 Å². The number of fused-ring (bicyclic) bond motifs is 1. The lowest BCUT2D eigenvalue weighted by Crippen LogP contribution is -2.36. The van der Waals surface area contributed by atoms with Gasteiger partial charge in [0.1, 0.15) is 6.54 Å². The number of nitro benzene ring substituents is 1. The molecule has 4 rings (SSSR count). The number of hydrogen-bond acceptors (Lipinski definition) is 9. The number of rotatable bonds is 8. The minimum atomic E-state index is -0.818. The van der Waals surface area contributed by atoms with Gasteiger partial charge in [-0.15, -0.1) is 0 Å². The predicted octanol–water partition coefficient (Wildman–Crippen LogP) is 3.68. The van der Waals surface area contributed by atoms with Crippen LogP contribution in [0.1, 0.15) is 29.3 Å². The fourth-order valence-corrected chi connectivity index (χ4v) is 5.00. The number of benzene rings is 2. The van der Waals surface area contributed by atoms with E-state index in [-0.39, 0.29) is 39.0 Å². The molecule has 0 radical (unpaired) electrons. The van der Waals surface area contributed by atoms with Crippen molar-refractivity contribution < 1.29 is 28.8 Å². The number of imidazole rings is 1. The minimum Gasteiger partial charge on any atom is -0.462 e. The molecule has 0 bridgehead atoms. The summed E-state index contributed by atoms with van der Waals surface area (Å²) < 4.78 is 7.64. The van der Waals surface area contributed by atoms with E-state index in [1.165, 1.54) is 59.6 Å². The number of anilines is 1. The summed E-state index contributed by atoms with van der Waals surface area (Å²) in [4.78, 5) is 74.4. The van der Waals surface area contributed by atoms with Gasteiger partial charge in [-0.05, 0) is 48.5 Å². The number of aromatic nitrogens is 2. The molecule has 1 aromatic heterocycles. The van der Waals surface area contributed by atoms with Crippen LogP contribution in [0.15, 0.2) is 40.0 Å². The number of carbonyl (C=O) groups excluding carboxylic acids is 4. The first kappa shape index (κ1) is 28.6. The van der Waals surface area contributed by atoms with E-state index in [2.05, 4.69) is 5.32 Å². The molecule has 3 amide bonds. The van der Waals surface area contributed by atoms with Gasteiger partial charge in [-0.25, -0.2) is 9.59 Å². The van der Waals surface area contributed by atoms with Crippen LogP contribution in [0, 0.1) is 10.1 Å². The summed E-state index contributed by atoms with van der Waals surface area (Å²) in [5, 5.41) is 13.6. The molecule has 208 valence electrons. The summed E-state index contributed by atoms with van der Waals surface area (Å²) in [5.41, 5.74) is 0.202. The van der Waals surface area contributed by atoms with E-state index in [1.807, 2.05) is 6.92 Å². The number of aryl methyl sites for hydroxylation is 2. The highest BCUT2D eigenvalue weighted by atomic mass is 35.5. The number of esters is 1. The molecular weight excluding hydrogens is 566 g/mol. The number of halogens is 1. The molecule has 2 heterocycles.